The number of nitrogens with zero attached hydrogens (tertiary/aromatic N) is 2. The quantitative estimate of drug-likeness (QED) is 0.186. The molecular weight excluding hydrogens is 1200 g/mol. The van der Waals surface area contributed by atoms with Crippen molar-refractivity contribution in [3.05, 3.63) is 0 Å². The monoisotopic (exact) mass is 1360 g/mol. The normalized spacial score (nSPS) is 57.1. The lowest BCUT2D eigenvalue weighted by molar-refractivity contribution is -0.164. The first-order valence-electron chi connectivity index (χ1n) is 40.5. The molecule has 0 aromatic heterocycles. The van der Waals surface area contributed by atoms with E-state index in [2.05, 4.69) is 109 Å². The average molecular weight is 1360 g/mol. The summed E-state index contributed by atoms with van der Waals surface area (Å²) in [6.07, 6.45) is 36.2. The smallest absolute Gasteiger partial charge is 0.139 e. The first kappa shape index (κ1) is 80.3. The lowest BCUT2D eigenvalue weighted by atomic mass is 9.42. The van der Waals surface area contributed by atoms with E-state index in [9.17, 15) is 40.5 Å². The first-order valence-corrected chi connectivity index (χ1v) is 40.5. The van der Waals surface area contributed by atoms with Crippen LogP contribution in [0.4, 0.5) is 0 Å². The van der Waals surface area contributed by atoms with Crippen LogP contribution in [0.2, 0.25) is 0 Å². The van der Waals surface area contributed by atoms with Gasteiger partial charge in [-0.25, -0.2) is 0 Å². The predicted octanol–water partition coefficient (Wildman–Crippen LogP) is 22.1. The molecule has 0 aliphatic heterocycles. The molecule has 0 aromatic carbocycles. The zero-order valence-electron chi connectivity index (χ0n) is 62.8. The van der Waals surface area contributed by atoms with Gasteiger partial charge in [0.15, 0.2) is 0 Å². The fourth-order valence-corrected chi connectivity index (χ4v) is 31.2. The van der Waals surface area contributed by atoms with Gasteiger partial charge in [0, 0.05) is 23.7 Å². The Labute approximate surface area is 602 Å². The van der Waals surface area contributed by atoms with Crippen molar-refractivity contribution < 1.29 is 30.0 Å². The van der Waals surface area contributed by atoms with E-state index in [4.69, 9.17) is 0 Å². The SMILES string of the molecule is C.C.C.C.C[C@@H]1C[C@H]2C[C@](C)(O)CC[C@]2(C)[C@H]2CC[C@]3(C)C(=O)CC[C@H]3[C@H]12.C[C@@H]1C[C@H]2C[C@](C)(O)CC[C@]2(C)[C@H]2CC[C@]3(C)[C@@H](C#N)CC[C@H]3[C@H]12.C[C@H]1C[C@H]2C[C@](C)(O)CC[C@]2(C)[C@H]2CC[C@]3(C)C(=O)CC[C@H]3[C@H]12.C[C@H]1C[C@H]2C[C@](C)(O)CC[C@]2(C)[C@H]2CC[C@]3(C)C(C#N)CC[C@H]3[C@H]12. The minimum atomic E-state index is -0.455. The maximum Gasteiger partial charge on any atom is 0.139 e. The van der Waals surface area contributed by atoms with Crippen molar-refractivity contribution in [3.63, 3.8) is 0 Å². The van der Waals surface area contributed by atoms with E-state index in [1.807, 2.05) is 13.8 Å². The zero-order valence-corrected chi connectivity index (χ0v) is 62.8. The van der Waals surface area contributed by atoms with E-state index in [1.165, 1.54) is 103 Å². The molecule has 16 aliphatic carbocycles. The van der Waals surface area contributed by atoms with Gasteiger partial charge in [-0.1, -0.05) is 113 Å². The Morgan fingerprint density at radius 1 is 0.306 bits per heavy atom. The van der Waals surface area contributed by atoms with Crippen LogP contribution in [-0.4, -0.2) is 54.4 Å². The molecule has 98 heavy (non-hydrogen) atoms. The summed E-state index contributed by atoms with van der Waals surface area (Å²) in [7, 11) is 0. The molecule has 16 fully saturated rings. The minimum absolute atomic E-state index is 0. The Bertz CT molecular complexity index is 2760. The van der Waals surface area contributed by atoms with Gasteiger partial charge >= 0.3 is 0 Å². The van der Waals surface area contributed by atoms with Gasteiger partial charge in [0.25, 0.3) is 0 Å². The Hall–Kier alpha value is -1.84. The summed E-state index contributed by atoms with van der Waals surface area (Å²) in [5.41, 5.74) is 0.346. The maximum atomic E-state index is 12.5. The number of nitriles is 2. The molecule has 34 atom stereocenters. The van der Waals surface area contributed by atoms with Crippen LogP contribution in [0.25, 0.3) is 0 Å². The molecule has 1 unspecified atom stereocenters. The molecule has 16 rings (SSSR count). The van der Waals surface area contributed by atoms with Crippen LogP contribution in [0, 0.1) is 196 Å². The second-order valence-corrected chi connectivity index (χ2v) is 42.1. The van der Waals surface area contributed by atoms with Gasteiger partial charge < -0.3 is 20.4 Å². The number of aliphatic hydroxyl groups is 4. The van der Waals surface area contributed by atoms with Crippen molar-refractivity contribution in [1.29, 1.82) is 10.5 Å². The zero-order chi connectivity index (χ0) is 67.9. The highest BCUT2D eigenvalue weighted by atomic mass is 16.3. The summed E-state index contributed by atoms with van der Waals surface area (Å²) in [6, 6.07) is 5.32. The number of carbonyl (C=O) groups is 2. The maximum absolute atomic E-state index is 12.5. The summed E-state index contributed by atoms with van der Waals surface area (Å²) >= 11 is 0. The number of hydrogen-bond acceptors (Lipinski definition) is 8. The van der Waals surface area contributed by atoms with E-state index in [0.717, 1.165) is 174 Å². The average Bonchev–Trinajstić information content (AvgIpc) is 1.31. The second-order valence-electron chi connectivity index (χ2n) is 42.1. The van der Waals surface area contributed by atoms with Crippen molar-refractivity contribution in [3.8, 4) is 12.1 Å². The van der Waals surface area contributed by atoms with Crippen LogP contribution < -0.4 is 0 Å². The Morgan fingerprint density at radius 2 is 0.541 bits per heavy atom. The highest BCUT2D eigenvalue weighted by Gasteiger charge is 2.68. The summed E-state index contributed by atoms with van der Waals surface area (Å²) < 4.78 is 0. The van der Waals surface area contributed by atoms with Crippen molar-refractivity contribution in [1.82, 2.24) is 0 Å². The molecule has 0 radical (unpaired) electrons. The third-order valence-corrected chi connectivity index (χ3v) is 37.0. The van der Waals surface area contributed by atoms with E-state index < -0.39 is 22.4 Å². The first-order chi connectivity index (χ1) is 43.8. The minimum Gasteiger partial charge on any atom is -0.390 e. The van der Waals surface area contributed by atoms with Gasteiger partial charge in [0.05, 0.1) is 46.4 Å². The van der Waals surface area contributed by atoms with Gasteiger partial charge in [0.2, 0.25) is 0 Å². The van der Waals surface area contributed by atoms with Crippen LogP contribution in [0.1, 0.15) is 346 Å². The summed E-state index contributed by atoms with van der Waals surface area (Å²) in [4.78, 5) is 25.1. The van der Waals surface area contributed by atoms with Crippen molar-refractivity contribution >= 4 is 11.6 Å². The second kappa shape index (κ2) is 27.2. The summed E-state index contributed by atoms with van der Waals surface area (Å²) in [5, 5.41) is 61.7. The molecule has 8 nitrogen and oxygen atoms in total. The van der Waals surface area contributed by atoms with Crippen LogP contribution in [-0.2, 0) is 9.59 Å². The van der Waals surface area contributed by atoms with Gasteiger partial charge in [0.1, 0.15) is 11.6 Å². The van der Waals surface area contributed by atoms with Crippen molar-refractivity contribution in [2.75, 3.05) is 0 Å². The third-order valence-electron chi connectivity index (χ3n) is 37.0. The third kappa shape index (κ3) is 12.7. The summed E-state index contributed by atoms with van der Waals surface area (Å²) in [5.74, 6) is 16.4. The number of rotatable bonds is 0. The molecule has 4 N–H and O–H groups in total. The van der Waals surface area contributed by atoms with E-state index >= 15 is 0 Å². The lowest BCUT2D eigenvalue weighted by Gasteiger charge is -2.63. The number of carbonyl (C=O) groups excluding carboxylic acids is 2. The predicted molar refractivity (Wildman–Crippen MR) is 403 cm³/mol. The van der Waals surface area contributed by atoms with Gasteiger partial charge in [-0.05, 0) is 371 Å². The van der Waals surface area contributed by atoms with Crippen molar-refractivity contribution in [2.45, 2.75) is 368 Å². The Morgan fingerprint density at radius 3 is 0.796 bits per heavy atom. The molecule has 0 bridgehead atoms. The molecule has 0 amide bonds. The molecule has 0 saturated heterocycles. The largest absolute Gasteiger partial charge is 0.390 e. The Kier molecular flexibility index (Phi) is 22.3. The highest BCUT2D eigenvalue weighted by Crippen LogP contribution is 2.74. The topological polar surface area (TPSA) is 163 Å². The van der Waals surface area contributed by atoms with Gasteiger partial charge in [-0.2, -0.15) is 10.5 Å². The number of ketones is 2. The van der Waals surface area contributed by atoms with Crippen LogP contribution in [0.5, 0.6) is 0 Å². The van der Waals surface area contributed by atoms with E-state index in [-0.39, 0.29) is 63.2 Å². The molecule has 0 spiro atoms. The Balaban J connectivity index is 0.000000151. The lowest BCUT2D eigenvalue weighted by Crippen LogP contribution is -2.57. The van der Waals surface area contributed by atoms with Gasteiger partial charge in [-0.3, -0.25) is 9.59 Å². The number of fused-ring (bicyclic) bond motifs is 20. The molecule has 8 heteroatoms. The van der Waals surface area contributed by atoms with Crippen molar-refractivity contribution in [2.24, 2.45) is 174 Å². The fraction of sp³-hybridized carbons (Fsp3) is 0.956. The van der Waals surface area contributed by atoms with E-state index in [0.29, 0.717) is 80.6 Å². The summed E-state index contributed by atoms with van der Waals surface area (Å²) in [6.45, 7) is 37.6. The molecule has 560 valence electrons. The molecular formula is C90H154N2O6. The van der Waals surface area contributed by atoms with E-state index in [1.54, 1.807) is 0 Å². The highest BCUT2D eigenvalue weighted by molar-refractivity contribution is 5.87. The van der Waals surface area contributed by atoms with Crippen LogP contribution in [0.3, 0.4) is 0 Å². The van der Waals surface area contributed by atoms with Gasteiger partial charge in [-0.15, -0.1) is 0 Å². The molecule has 16 saturated carbocycles. The molecule has 0 aromatic rings. The molecule has 0 heterocycles. The fourth-order valence-electron chi connectivity index (χ4n) is 31.2. The number of hydrogen-bond donors (Lipinski definition) is 4. The number of Topliss-reactive ketones (excluding diaryl/α,β-unsaturated/α-hetero) is 2. The van der Waals surface area contributed by atoms with Crippen LogP contribution >= 0.6 is 0 Å². The standard InChI is InChI=1S/2C22H35NO.2C21H34O2.4CH4/c2*1-14-11-16-12-20(2,24)9-10-22(16,4)18-7-8-21(3)15(13-23)5-6-17(21)19(14)18;2*1-13-11-14-12-19(2,23)9-10-20(14,3)16-7-8-21(4)15(18(13)16)5-6-17(21)22;;;;/h2*14-19,24H,5-12H2,1-4H3;2*13-16,18,23H,5-12H2,1-4H3;4*1H4/t14-,15?,16-,17-,18-,19-,20+,21+,22-;14-,15-,16+,17+,18+,19+,20-,21-,22+;13-,14+,15+,16+,18+,19-,20+,21+;13-,14-,15-,16-,18-,19+,20-,21-;;;;/m0110..../s1. The van der Waals surface area contributed by atoms with Crippen LogP contribution in [0.15, 0.2) is 0 Å². The molecule has 16 aliphatic rings.